The summed E-state index contributed by atoms with van der Waals surface area (Å²) in [5, 5.41) is 9.80. The molecule has 0 fully saturated rings. The monoisotopic (exact) mass is 390 g/mol. The highest BCUT2D eigenvalue weighted by molar-refractivity contribution is 5.92. The van der Waals surface area contributed by atoms with Gasteiger partial charge < -0.3 is 25.1 Å². The topological polar surface area (TPSA) is 86.8 Å². The van der Waals surface area contributed by atoms with Crippen molar-refractivity contribution in [1.82, 2.24) is 4.98 Å². The van der Waals surface area contributed by atoms with E-state index in [2.05, 4.69) is 4.98 Å². The number of aliphatic hydroxyl groups is 1. The van der Waals surface area contributed by atoms with E-state index in [0.717, 1.165) is 12.1 Å². The normalized spacial score (nSPS) is 12.1. The molecule has 0 saturated carbocycles. The lowest BCUT2D eigenvalue weighted by Gasteiger charge is -2.20. The number of aliphatic hydroxyl groups excluding tert-OH is 1. The minimum Gasteiger partial charge on any atom is -0.493 e. The van der Waals surface area contributed by atoms with Crippen LogP contribution >= 0.6 is 0 Å². The molecule has 148 valence electrons. The Bertz CT molecular complexity index is 1000. The molecule has 0 amide bonds. The van der Waals surface area contributed by atoms with Crippen LogP contribution in [0.15, 0.2) is 30.5 Å². The molecule has 0 radical (unpaired) electrons. The van der Waals surface area contributed by atoms with Crippen molar-refractivity contribution >= 4 is 16.6 Å². The summed E-state index contributed by atoms with van der Waals surface area (Å²) in [6, 6.07) is 5.09. The van der Waals surface area contributed by atoms with E-state index in [9.17, 15) is 13.9 Å². The highest BCUT2D eigenvalue weighted by Crippen LogP contribution is 2.42. The predicted molar refractivity (Wildman–Crippen MR) is 101 cm³/mol. The molecule has 0 unspecified atom stereocenters. The maximum absolute atomic E-state index is 14.2. The maximum Gasteiger partial charge on any atom is 0.198 e. The minimum atomic E-state index is -0.918. The third-order valence-corrected chi connectivity index (χ3v) is 4.18. The predicted octanol–water partition coefficient (Wildman–Crippen LogP) is 3.96. The largest absolute Gasteiger partial charge is 0.493 e. The van der Waals surface area contributed by atoms with E-state index in [1.807, 2.05) is 0 Å². The summed E-state index contributed by atoms with van der Waals surface area (Å²) in [4.78, 5) is 4.28. The van der Waals surface area contributed by atoms with Crippen molar-refractivity contribution in [3.05, 3.63) is 47.7 Å². The molecule has 3 rings (SSSR count). The van der Waals surface area contributed by atoms with Gasteiger partial charge in [-0.3, -0.25) is 4.98 Å². The Morgan fingerprint density at radius 3 is 2.43 bits per heavy atom. The van der Waals surface area contributed by atoms with Crippen LogP contribution in [-0.4, -0.2) is 29.9 Å². The van der Waals surface area contributed by atoms with Crippen LogP contribution in [0.25, 0.3) is 10.9 Å². The molecule has 1 heterocycles. The van der Waals surface area contributed by atoms with Gasteiger partial charge in [0, 0.05) is 41.0 Å². The second-order valence-electron chi connectivity index (χ2n) is 6.26. The van der Waals surface area contributed by atoms with Crippen molar-refractivity contribution in [3.8, 4) is 23.0 Å². The molecule has 0 spiro atoms. The number of nitrogens with two attached hydrogens (primary N) is 1. The van der Waals surface area contributed by atoms with Crippen molar-refractivity contribution < 1.29 is 28.1 Å². The average molecular weight is 390 g/mol. The van der Waals surface area contributed by atoms with E-state index in [0.29, 0.717) is 28.0 Å². The van der Waals surface area contributed by atoms with Crippen LogP contribution < -0.4 is 19.9 Å². The summed E-state index contributed by atoms with van der Waals surface area (Å²) in [5.74, 6) is -1.41. The molecule has 2 aromatic carbocycles. The molecule has 28 heavy (non-hydrogen) atoms. The van der Waals surface area contributed by atoms with Gasteiger partial charge in [-0.25, -0.2) is 8.78 Å². The number of nitrogen functional groups attached to an aromatic ring is 1. The third kappa shape index (κ3) is 3.63. The molecular formula is C20H20F2N2O4. The van der Waals surface area contributed by atoms with Gasteiger partial charge >= 0.3 is 0 Å². The fourth-order valence-corrected chi connectivity index (χ4v) is 2.84. The number of hydrogen-bond acceptors (Lipinski definition) is 6. The van der Waals surface area contributed by atoms with Crippen LogP contribution in [0.3, 0.4) is 0 Å². The second kappa shape index (κ2) is 7.85. The average Bonchev–Trinajstić information content (AvgIpc) is 2.66. The summed E-state index contributed by atoms with van der Waals surface area (Å²) < 4.78 is 45.1. The fourth-order valence-electron chi connectivity index (χ4n) is 2.84. The Labute approximate surface area is 160 Å². The van der Waals surface area contributed by atoms with Crippen molar-refractivity contribution in [1.29, 1.82) is 0 Å². The van der Waals surface area contributed by atoms with Gasteiger partial charge in [-0.1, -0.05) is 0 Å². The van der Waals surface area contributed by atoms with E-state index in [1.54, 1.807) is 19.9 Å². The molecule has 0 bridgehead atoms. The fraction of sp³-hybridized carbons (Fsp3) is 0.250. The van der Waals surface area contributed by atoms with E-state index in [1.165, 1.54) is 19.4 Å². The maximum atomic E-state index is 14.2. The smallest absolute Gasteiger partial charge is 0.198 e. The molecular weight excluding hydrogens is 370 g/mol. The van der Waals surface area contributed by atoms with Crippen molar-refractivity contribution in [2.75, 3.05) is 19.5 Å². The molecule has 6 nitrogen and oxygen atoms in total. The number of ether oxygens (including phenoxy) is 3. The van der Waals surface area contributed by atoms with Crippen LogP contribution in [0.4, 0.5) is 14.5 Å². The number of fused-ring (bicyclic) bond motifs is 1. The lowest BCUT2D eigenvalue weighted by atomic mass is 10.1. The number of benzene rings is 2. The third-order valence-electron chi connectivity index (χ3n) is 4.18. The summed E-state index contributed by atoms with van der Waals surface area (Å²) in [6.07, 6.45) is 0.971. The van der Waals surface area contributed by atoms with E-state index >= 15 is 0 Å². The molecule has 0 aliphatic rings. The molecule has 3 N–H and O–H groups in total. The highest BCUT2D eigenvalue weighted by atomic mass is 19.1. The number of pyridine rings is 1. The Hall–Kier alpha value is -3.13. The SMILES string of the molecule is COc1cc2nccc(Oc3c(F)cc(N)cc3F)c2c(C)c1O[C@@H](C)CO. The van der Waals surface area contributed by atoms with Gasteiger partial charge in [0.2, 0.25) is 0 Å². The van der Waals surface area contributed by atoms with Gasteiger partial charge in [0.05, 0.1) is 19.2 Å². The van der Waals surface area contributed by atoms with Crippen LogP contribution in [0.2, 0.25) is 0 Å². The van der Waals surface area contributed by atoms with Gasteiger partial charge in [0.1, 0.15) is 11.9 Å². The number of aryl methyl sites for hydroxylation is 1. The van der Waals surface area contributed by atoms with E-state index in [-0.39, 0.29) is 18.0 Å². The Kier molecular flexibility index (Phi) is 5.51. The van der Waals surface area contributed by atoms with E-state index < -0.39 is 23.5 Å². The van der Waals surface area contributed by atoms with Crippen LogP contribution in [-0.2, 0) is 0 Å². The number of nitrogens with zero attached hydrogens (tertiary/aromatic N) is 1. The molecule has 0 aliphatic heterocycles. The molecule has 3 aromatic rings. The van der Waals surface area contributed by atoms with Crippen molar-refractivity contribution in [3.63, 3.8) is 0 Å². The highest BCUT2D eigenvalue weighted by Gasteiger charge is 2.20. The summed E-state index contributed by atoms with van der Waals surface area (Å²) in [7, 11) is 1.48. The van der Waals surface area contributed by atoms with Crippen molar-refractivity contribution in [2.24, 2.45) is 0 Å². The summed E-state index contributed by atoms with van der Waals surface area (Å²) in [6.45, 7) is 3.25. The Morgan fingerprint density at radius 2 is 1.82 bits per heavy atom. The first-order valence-electron chi connectivity index (χ1n) is 8.51. The van der Waals surface area contributed by atoms with Gasteiger partial charge in [0.25, 0.3) is 0 Å². The lowest BCUT2D eigenvalue weighted by Crippen LogP contribution is -2.17. The van der Waals surface area contributed by atoms with E-state index in [4.69, 9.17) is 19.9 Å². The van der Waals surface area contributed by atoms with Gasteiger partial charge in [0.15, 0.2) is 28.9 Å². The molecule has 8 heteroatoms. The van der Waals surface area contributed by atoms with Gasteiger partial charge in [-0.15, -0.1) is 0 Å². The van der Waals surface area contributed by atoms with Crippen LogP contribution in [0.1, 0.15) is 12.5 Å². The number of anilines is 1. The summed E-state index contributed by atoms with van der Waals surface area (Å²) in [5.41, 5.74) is 6.49. The number of rotatable bonds is 6. The zero-order valence-corrected chi connectivity index (χ0v) is 15.6. The Balaban J connectivity index is 2.18. The Morgan fingerprint density at radius 1 is 1.14 bits per heavy atom. The minimum absolute atomic E-state index is 0.0449. The zero-order chi connectivity index (χ0) is 20.4. The molecule has 1 aromatic heterocycles. The number of halogens is 2. The second-order valence-corrected chi connectivity index (χ2v) is 6.26. The molecule has 0 saturated heterocycles. The number of aromatic nitrogens is 1. The standard InChI is InChI=1S/C20H20F2N2O4/c1-10(9-25)27-19-11(2)18-15(8-17(19)26-3)24-5-4-16(18)28-20-13(21)6-12(23)7-14(20)22/h4-8,10,25H,9,23H2,1-3H3/t10-/m0/s1. The van der Waals surface area contributed by atoms with Crippen LogP contribution in [0, 0.1) is 18.6 Å². The first kappa shape index (κ1) is 19.6. The summed E-state index contributed by atoms with van der Waals surface area (Å²) >= 11 is 0. The van der Waals surface area contributed by atoms with Gasteiger partial charge in [-0.05, 0) is 19.9 Å². The number of methoxy groups -OCH3 is 1. The molecule has 0 aliphatic carbocycles. The quantitative estimate of drug-likeness (QED) is 0.620. The van der Waals surface area contributed by atoms with Crippen molar-refractivity contribution in [2.45, 2.75) is 20.0 Å². The lowest BCUT2D eigenvalue weighted by molar-refractivity contribution is 0.125. The molecule has 1 atom stereocenters. The first-order valence-corrected chi connectivity index (χ1v) is 8.51. The first-order chi connectivity index (χ1) is 13.3. The van der Waals surface area contributed by atoms with Crippen LogP contribution in [0.5, 0.6) is 23.0 Å². The zero-order valence-electron chi connectivity index (χ0n) is 15.6. The van der Waals surface area contributed by atoms with Gasteiger partial charge in [-0.2, -0.15) is 0 Å². The number of hydrogen-bond donors (Lipinski definition) is 2.